The van der Waals surface area contributed by atoms with Crippen LogP contribution in [0.2, 0.25) is 0 Å². The zero-order chi connectivity index (χ0) is 4.57. The van der Waals surface area contributed by atoms with Crippen LogP contribution in [0.3, 0.4) is 0 Å². The number of hydrogen-bond donors (Lipinski definition) is 1. The van der Waals surface area contributed by atoms with Gasteiger partial charge in [0, 0.05) is 12.0 Å². The topological polar surface area (TPSA) is 20.2 Å². The van der Waals surface area contributed by atoms with Gasteiger partial charge in [0.15, 0.2) is 0 Å². The van der Waals surface area contributed by atoms with Crippen LogP contribution in [-0.2, 0) is 0 Å². The summed E-state index contributed by atoms with van der Waals surface area (Å²) < 4.78 is 0. The summed E-state index contributed by atoms with van der Waals surface area (Å²) in [7, 11) is 0. The summed E-state index contributed by atoms with van der Waals surface area (Å²) in [4.78, 5) is 0. The van der Waals surface area contributed by atoms with Gasteiger partial charge >= 0.3 is 0 Å². The van der Waals surface area contributed by atoms with E-state index in [1.165, 1.54) is 0 Å². The van der Waals surface area contributed by atoms with Crippen molar-refractivity contribution in [3.05, 3.63) is 0 Å². The van der Waals surface area contributed by atoms with E-state index in [2.05, 4.69) is 0 Å². The van der Waals surface area contributed by atoms with E-state index in [1.807, 2.05) is 0 Å². The summed E-state index contributed by atoms with van der Waals surface area (Å²) in [5, 5.41) is 8.58. The molecule has 1 saturated carbocycles. The molecule has 0 amide bonds. The van der Waals surface area contributed by atoms with Crippen molar-refractivity contribution in [2.75, 3.05) is 6.61 Å². The van der Waals surface area contributed by atoms with Gasteiger partial charge in [0.2, 0.25) is 0 Å². The minimum Gasteiger partial charge on any atom is -0.396 e. The third-order valence-corrected chi connectivity index (χ3v) is 1.61. The first-order valence-electron chi connectivity index (χ1n) is 2.09. The molecule has 1 N–H and O–H groups in total. The lowest BCUT2D eigenvalue weighted by Crippen LogP contribution is -1.84. The summed E-state index contributed by atoms with van der Waals surface area (Å²) in [6, 6.07) is 0. The SMILES string of the molecule is OC[C@H]1C[C@@H]1Cl. The Morgan fingerprint density at radius 3 is 2.33 bits per heavy atom. The molecular formula is C4H7ClO. The van der Waals surface area contributed by atoms with E-state index in [4.69, 9.17) is 16.7 Å². The van der Waals surface area contributed by atoms with Gasteiger partial charge in [-0.15, -0.1) is 11.6 Å². The lowest BCUT2D eigenvalue weighted by Gasteiger charge is -1.77. The van der Waals surface area contributed by atoms with E-state index in [1.54, 1.807) is 0 Å². The average Bonchev–Trinajstić information content (AvgIpc) is 2.19. The van der Waals surface area contributed by atoms with Crippen LogP contribution in [0, 0.1) is 5.92 Å². The lowest BCUT2D eigenvalue weighted by atomic mass is 10.5. The minimum absolute atomic E-state index is 0.272. The Morgan fingerprint density at radius 2 is 2.33 bits per heavy atom. The molecule has 0 bridgehead atoms. The van der Waals surface area contributed by atoms with Crippen molar-refractivity contribution >= 4 is 11.6 Å². The predicted molar refractivity (Wildman–Crippen MR) is 24.8 cm³/mol. The van der Waals surface area contributed by atoms with Gasteiger partial charge in [0.05, 0.1) is 0 Å². The average molecular weight is 107 g/mol. The highest BCUT2D eigenvalue weighted by atomic mass is 35.5. The maximum absolute atomic E-state index is 8.29. The van der Waals surface area contributed by atoms with Crippen molar-refractivity contribution < 1.29 is 5.11 Å². The molecule has 1 aliphatic rings. The third kappa shape index (κ3) is 0.660. The van der Waals surface area contributed by atoms with Gasteiger partial charge in [0.25, 0.3) is 0 Å². The standard InChI is InChI=1S/C4H7ClO/c5-4-1-3(4)2-6/h3-4,6H,1-2H2/t3-,4+/m1/s1. The molecule has 0 radical (unpaired) electrons. The van der Waals surface area contributed by atoms with Crippen LogP contribution in [0.1, 0.15) is 6.42 Å². The van der Waals surface area contributed by atoms with E-state index in [0.717, 1.165) is 6.42 Å². The molecule has 0 aromatic heterocycles. The quantitative estimate of drug-likeness (QED) is 0.486. The Balaban J connectivity index is 2.09. The van der Waals surface area contributed by atoms with Crippen molar-refractivity contribution in [1.29, 1.82) is 0 Å². The first-order chi connectivity index (χ1) is 2.84. The fourth-order valence-corrected chi connectivity index (χ4v) is 0.708. The van der Waals surface area contributed by atoms with Crippen LogP contribution in [0.4, 0.5) is 0 Å². The zero-order valence-corrected chi connectivity index (χ0v) is 4.15. The smallest absolute Gasteiger partial charge is 0.0473 e. The fraction of sp³-hybridized carbons (Fsp3) is 1.00. The number of aliphatic hydroxyl groups excluding tert-OH is 1. The molecule has 0 aromatic carbocycles. The van der Waals surface area contributed by atoms with Crippen LogP contribution >= 0.6 is 11.6 Å². The Morgan fingerprint density at radius 1 is 1.83 bits per heavy atom. The second kappa shape index (κ2) is 1.39. The Bertz CT molecular complexity index is 53.5. The molecule has 6 heavy (non-hydrogen) atoms. The van der Waals surface area contributed by atoms with E-state index >= 15 is 0 Å². The molecule has 0 spiro atoms. The summed E-state index contributed by atoms with van der Waals surface area (Å²) in [6.07, 6.45) is 1.01. The number of alkyl halides is 1. The molecule has 0 unspecified atom stereocenters. The van der Waals surface area contributed by atoms with Gasteiger partial charge in [0.1, 0.15) is 0 Å². The van der Waals surface area contributed by atoms with E-state index < -0.39 is 0 Å². The highest BCUT2D eigenvalue weighted by Crippen LogP contribution is 2.34. The van der Waals surface area contributed by atoms with Crippen molar-refractivity contribution in [2.45, 2.75) is 11.8 Å². The predicted octanol–water partition coefficient (Wildman–Crippen LogP) is 0.606. The molecule has 0 aliphatic heterocycles. The van der Waals surface area contributed by atoms with Crippen molar-refractivity contribution in [2.24, 2.45) is 5.92 Å². The summed E-state index contributed by atoms with van der Waals surface area (Å²) in [6.45, 7) is 0.272. The van der Waals surface area contributed by atoms with Crippen molar-refractivity contribution in [1.82, 2.24) is 0 Å². The van der Waals surface area contributed by atoms with Gasteiger partial charge in [-0.3, -0.25) is 0 Å². The van der Waals surface area contributed by atoms with Gasteiger partial charge in [-0.2, -0.15) is 0 Å². The Hall–Kier alpha value is 0.250. The molecule has 1 rings (SSSR count). The Labute approximate surface area is 41.9 Å². The van der Waals surface area contributed by atoms with Gasteiger partial charge in [-0.05, 0) is 12.3 Å². The van der Waals surface area contributed by atoms with E-state index in [-0.39, 0.29) is 12.0 Å². The molecule has 36 valence electrons. The molecule has 1 fully saturated rings. The molecule has 2 heteroatoms. The Kier molecular flexibility index (Phi) is 1.02. The third-order valence-electron chi connectivity index (χ3n) is 1.07. The minimum atomic E-state index is 0.272. The molecule has 1 nitrogen and oxygen atoms in total. The monoisotopic (exact) mass is 106 g/mol. The first kappa shape index (κ1) is 4.41. The molecule has 1 aliphatic carbocycles. The molecule has 0 saturated heterocycles. The normalized spacial score (nSPS) is 43.0. The zero-order valence-electron chi connectivity index (χ0n) is 3.39. The summed E-state index contributed by atoms with van der Waals surface area (Å²) >= 11 is 5.49. The van der Waals surface area contributed by atoms with Crippen LogP contribution < -0.4 is 0 Å². The summed E-state index contributed by atoms with van der Waals surface area (Å²) in [5.74, 6) is 0.423. The summed E-state index contributed by atoms with van der Waals surface area (Å²) in [5.41, 5.74) is 0. The molecule has 2 atom stereocenters. The largest absolute Gasteiger partial charge is 0.396 e. The second-order valence-corrected chi connectivity index (χ2v) is 2.25. The lowest BCUT2D eigenvalue weighted by molar-refractivity contribution is 0.277. The van der Waals surface area contributed by atoms with Gasteiger partial charge in [-0.1, -0.05) is 0 Å². The van der Waals surface area contributed by atoms with E-state index in [0.29, 0.717) is 5.92 Å². The highest BCUT2D eigenvalue weighted by Gasteiger charge is 2.33. The van der Waals surface area contributed by atoms with Gasteiger partial charge < -0.3 is 5.11 Å². The van der Waals surface area contributed by atoms with Crippen LogP contribution in [0.15, 0.2) is 0 Å². The molecule has 0 heterocycles. The second-order valence-electron chi connectivity index (χ2n) is 1.69. The molecule has 0 aromatic rings. The number of hydrogen-bond acceptors (Lipinski definition) is 1. The van der Waals surface area contributed by atoms with Gasteiger partial charge in [-0.25, -0.2) is 0 Å². The van der Waals surface area contributed by atoms with E-state index in [9.17, 15) is 0 Å². The maximum Gasteiger partial charge on any atom is 0.0473 e. The number of halogens is 1. The first-order valence-corrected chi connectivity index (χ1v) is 2.53. The van der Waals surface area contributed by atoms with Crippen molar-refractivity contribution in [3.63, 3.8) is 0 Å². The van der Waals surface area contributed by atoms with Crippen LogP contribution in [-0.4, -0.2) is 17.1 Å². The van der Waals surface area contributed by atoms with Crippen molar-refractivity contribution in [3.8, 4) is 0 Å². The number of aliphatic hydroxyl groups is 1. The highest BCUT2D eigenvalue weighted by molar-refractivity contribution is 6.22. The number of rotatable bonds is 1. The van der Waals surface area contributed by atoms with Crippen LogP contribution in [0.25, 0.3) is 0 Å². The molecular weight excluding hydrogens is 99.5 g/mol. The fourth-order valence-electron chi connectivity index (χ4n) is 0.400. The van der Waals surface area contributed by atoms with Crippen LogP contribution in [0.5, 0.6) is 0 Å². The maximum atomic E-state index is 8.29.